The molecule has 3 nitrogen and oxygen atoms in total. The molecule has 0 aliphatic carbocycles. The molecule has 0 radical (unpaired) electrons. The van der Waals surface area contributed by atoms with Gasteiger partial charge in [0, 0.05) is 34.8 Å². The third-order valence-corrected chi connectivity index (χ3v) is 3.63. The number of benzene rings is 2. The predicted octanol–water partition coefficient (Wildman–Crippen LogP) is 3.76. The van der Waals surface area contributed by atoms with Gasteiger partial charge in [0.05, 0.1) is 11.6 Å². The van der Waals surface area contributed by atoms with E-state index in [-0.39, 0.29) is 5.78 Å². The van der Waals surface area contributed by atoms with Gasteiger partial charge in [0.15, 0.2) is 5.78 Å². The predicted molar refractivity (Wildman–Crippen MR) is 82.2 cm³/mol. The molecule has 3 heteroatoms. The maximum Gasteiger partial charge on any atom is 0.195 e. The average molecular weight is 274 g/mol. The van der Waals surface area contributed by atoms with Gasteiger partial charge in [-0.05, 0) is 25.1 Å². The van der Waals surface area contributed by atoms with Crippen molar-refractivity contribution in [2.24, 2.45) is 0 Å². The molecule has 0 saturated carbocycles. The van der Waals surface area contributed by atoms with E-state index in [4.69, 9.17) is 5.26 Å². The van der Waals surface area contributed by atoms with Gasteiger partial charge in [-0.25, -0.2) is 0 Å². The summed E-state index contributed by atoms with van der Waals surface area (Å²) in [5.41, 5.74) is 2.86. The van der Waals surface area contributed by atoms with Gasteiger partial charge in [-0.2, -0.15) is 5.26 Å². The molecule has 0 saturated heterocycles. The van der Waals surface area contributed by atoms with Gasteiger partial charge in [0.25, 0.3) is 0 Å². The van der Waals surface area contributed by atoms with Crippen molar-refractivity contribution in [3.63, 3.8) is 0 Å². The smallest absolute Gasteiger partial charge is 0.195 e. The van der Waals surface area contributed by atoms with Crippen LogP contribution in [0.2, 0.25) is 0 Å². The summed E-state index contributed by atoms with van der Waals surface area (Å²) in [6.07, 6.45) is 1.88. The van der Waals surface area contributed by atoms with Gasteiger partial charge >= 0.3 is 0 Å². The molecule has 0 fully saturated rings. The van der Waals surface area contributed by atoms with E-state index in [0.29, 0.717) is 16.7 Å². The van der Waals surface area contributed by atoms with Crippen molar-refractivity contribution < 1.29 is 4.79 Å². The monoisotopic (exact) mass is 274 g/mol. The fraction of sp³-hybridized carbons (Fsp3) is 0.111. The van der Waals surface area contributed by atoms with Gasteiger partial charge in [0.2, 0.25) is 0 Å². The fourth-order valence-corrected chi connectivity index (χ4v) is 2.55. The molecule has 0 bridgehead atoms. The third-order valence-electron chi connectivity index (χ3n) is 3.63. The summed E-state index contributed by atoms with van der Waals surface area (Å²) in [4.78, 5) is 12.7. The molecule has 21 heavy (non-hydrogen) atoms. The second-order valence-corrected chi connectivity index (χ2v) is 4.87. The van der Waals surface area contributed by atoms with Crippen molar-refractivity contribution >= 4 is 16.7 Å². The van der Waals surface area contributed by atoms with Crippen LogP contribution < -0.4 is 0 Å². The molecule has 3 rings (SSSR count). The van der Waals surface area contributed by atoms with Crippen molar-refractivity contribution in [2.45, 2.75) is 13.5 Å². The Morgan fingerprint density at radius 2 is 1.95 bits per heavy atom. The molecule has 0 atom stereocenters. The van der Waals surface area contributed by atoms with Gasteiger partial charge < -0.3 is 4.57 Å². The molecular formula is C18H14N2O. The van der Waals surface area contributed by atoms with Gasteiger partial charge in [-0.1, -0.05) is 30.3 Å². The van der Waals surface area contributed by atoms with Crippen LogP contribution in [0, 0.1) is 11.3 Å². The van der Waals surface area contributed by atoms with Crippen molar-refractivity contribution in [1.29, 1.82) is 5.26 Å². The number of hydrogen-bond acceptors (Lipinski definition) is 2. The first-order valence-corrected chi connectivity index (χ1v) is 6.87. The van der Waals surface area contributed by atoms with Crippen molar-refractivity contribution in [3.8, 4) is 6.07 Å². The van der Waals surface area contributed by atoms with Gasteiger partial charge in [0.1, 0.15) is 0 Å². The maximum absolute atomic E-state index is 12.7. The first-order chi connectivity index (χ1) is 10.2. The Kier molecular flexibility index (Phi) is 3.29. The average Bonchev–Trinajstić information content (AvgIpc) is 2.92. The molecule has 102 valence electrons. The highest BCUT2D eigenvalue weighted by atomic mass is 16.1. The van der Waals surface area contributed by atoms with E-state index >= 15 is 0 Å². The van der Waals surface area contributed by atoms with Crippen molar-refractivity contribution in [3.05, 3.63) is 71.4 Å². The summed E-state index contributed by atoms with van der Waals surface area (Å²) in [5.74, 6) is -0.0112. The molecule has 0 N–H and O–H groups in total. The fourth-order valence-electron chi connectivity index (χ4n) is 2.55. The Morgan fingerprint density at radius 3 is 2.62 bits per heavy atom. The zero-order valence-corrected chi connectivity index (χ0v) is 11.7. The molecule has 3 aromatic rings. The summed E-state index contributed by atoms with van der Waals surface area (Å²) < 4.78 is 2.03. The number of nitriles is 1. The number of rotatable bonds is 3. The normalized spacial score (nSPS) is 10.5. The largest absolute Gasteiger partial charge is 0.347 e. The molecule has 1 heterocycles. The maximum atomic E-state index is 12.7. The van der Waals surface area contributed by atoms with Crippen LogP contribution >= 0.6 is 0 Å². The number of carbonyl (C=O) groups excluding carboxylic acids is 1. The minimum Gasteiger partial charge on any atom is -0.347 e. The van der Waals surface area contributed by atoms with E-state index in [9.17, 15) is 4.79 Å². The molecule has 0 aliphatic rings. The van der Waals surface area contributed by atoms with Crippen LogP contribution in [0.5, 0.6) is 0 Å². The van der Waals surface area contributed by atoms with E-state index in [1.54, 1.807) is 12.1 Å². The number of ketones is 1. The van der Waals surface area contributed by atoms with E-state index in [0.717, 1.165) is 17.4 Å². The van der Waals surface area contributed by atoms with Crippen LogP contribution in [0.1, 0.15) is 28.4 Å². The summed E-state index contributed by atoms with van der Waals surface area (Å²) in [5, 5.41) is 9.90. The van der Waals surface area contributed by atoms with Crippen LogP contribution in [-0.2, 0) is 6.54 Å². The molecule has 2 aromatic carbocycles. The van der Waals surface area contributed by atoms with Crippen LogP contribution in [0.25, 0.3) is 10.9 Å². The highest BCUT2D eigenvalue weighted by Gasteiger charge is 2.16. The highest BCUT2D eigenvalue weighted by molar-refractivity contribution is 6.16. The molecule has 0 spiro atoms. The van der Waals surface area contributed by atoms with Crippen LogP contribution in [0.15, 0.2) is 54.7 Å². The summed E-state index contributed by atoms with van der Waals surface area (Å²) in [7, 11) is 0. The second-order valence-electron chi connectivity index (χ2n) is 4.87. The molecule has 1 aromatic heterocycles. The minimum absolute atomic E-state index is 0.0112. The minimum atomic E-state index is -0.0112. The highest BCUT2D eigenvalue weighted by Crippen LogP contribution is 2.25. The topological polar surface area (TPSA) is 45.8 Å². The third kappa shape index (κ3) is 2.21. The molecular weight excluding hydrogens is 260 g/mol. The number of carbonyl (C=O) groups is 1. The summed E-state index contributed by atoms with van der Waals surface area (Å²) >= 11 is 0. The zero-order chi connectivity index (χ0) is 14.8. The molecule has 0 amide bonds. The van der Waals surface area contributed by atoms with E-state index in [2.05, 4.69) is 6.07 Å². The Labute approximate surface area is 123 Å². The van der Waals surface area contributed by atoms with E-state index in [1.165, 1.54) is 0 Å². The van der Waals surface area contributed by atoms with Gasteiger partial charge in [-0.15, -0.1) is 0 Å². The number of nitrogens with zero attached hydrogens (tertiary/aromatic N) is 2. The first kappa shape index (κ1) is 13.1. The number of aryl methyl sites for hydroxylation is 1. The quantitative estimate of drug-likeness (QED) is 0.682. The number of aromatic nitrogens is 1. The Balaban J connectivity index is 2.23. The lowest BCUT2D eigenvalue weighted by Gasteiger charge is -2.00. The Bertz CT molecular complexity index is 854. The molecule has 0 unspecified atom stereocenters. The lowest BCUT2D eigenvalue weighted by atomic mass is 10.0. The van der Waals surface area contributed by atoms with E-state index in [1.807, 2.05) is 54.1 Å². The number of hydrogen-bond donors (Lipinski definition) is 0. The summed E-state index contributed by atoms with van der Waals surface area (Å²) in [6.45, 7) is 2.82. The van der Waals surface area contributed by atoms with Crippen molar-refractivity contribution in [1.82, 2.24) is 4.57 Å². The lowest BCUT2D eigenvalue weighted by molar-refractivity contribution is 0.104. The summed E-state index contributed by atoms with van der Waals surface area (Å²) in [6, 6.07) is 16.8. The second kappa shape index (κ2) is 5.26. The SMILES string of the molecule is CCn1cc(C(=O)c2ccccc2)c2cc(C#N)ccc21. The van der Waals surface area contributed by atoms with E-state index < -0.39 is 0 Å². The number of fused-ring (bicyclic) bond motifs is 1. The molecule has 0 aliphatic heterocycles. The Hall–Kier alpha value is -2.86. The van der Waals surface area contributed by atoms with Crippen molar-refractivity contribution in [2.75, 3.05) is 0 Å². The van der Waals surface area contributed by atoms with Crippen LogP contribution in [0.3, 0.4) is 0 Å². The zero-order valence-electron chi connectivity index (χ0n) is 11.7. The van der Waals surface area contributed by atoms with Gasteiger partial charge in [-0.3, -0.25) is 4.79 Å². The lowest BCUT2D eigenvalue weighted by Crippen LogP contribution is -2.00. The standard InChI is InChI=1S/C18H14N2O/c1-2-20-12-16(18(21)14-6-4-3-5-7-14)15-10-13(11-19)8-9-17(15)20/h3-10,12H,2H2,1H3. The Morgan fingerprint density at radius 1 is 1.19 bits per heavy atom. The van der Waals surface area contributed by atoms with Crippen LogP contribution in [-0.4, -0.2) is 10.4 Å². The first-order valence-electron chi connectivity index (χ1n) is 6.87. The van der Waals surface area contributed by atoms with Crippen LogP contribution in [0.4, 0.5) is 0 Å².